The lowest BCUT2D eigenvalue weighted by Crippen LogP contribution is -2.71. The minimum Gasteiger partial charge on any atom is -0.503 e. The number of aromatic hydroxyl groups is 1. The zero-order valence-corrected chi connectivity index (χ0v) is 30.0. The summed E-state index contributed by atoms with van der Waals surface area (Å²) in [6.07, 6.45) is 2.31. The number of nitrogen functional groups attached to an aromatic ring is 1. The molecule has 24 heteroatoms. The highest BCUT2D eigenvalue weighted by Gasteiger charge is 2.54. The van der Waals surface area contributed by atoms with Crippen molar-refractivity contribution in [3.8, 4) is 5.75 Å². The molecule has 2 aliphatic rings. The van der Waals surface area contributed by atoms with E-state index in [4.69, 9.17) is 33.0 Å². The number of hydrogen-bond acceptors (Lipinski definition) is 15. The molecule has 11 N–H and O–H groups in total. The molecule has 1 saturated heterocycles. The van der Waals surface area contributed by atoms with E-state index < -0.39 is 64.1 Å². The number of β-lactam (4-membered cyclic amide) rings is 1. The molecule has 0 bridgehead atoms. The van der Waals surface area contributed by atoms with Crippen LogP contribution < -0.4 is 32.8 Å². The first-order valence-electron chi connectivity index (χ1n) is 15.2. The SMILES string of the molecule is C\C=C(NCCNC(=O)c1cc(=O)c(O)c[nH]1)/C(N)=N\C=N\CC1=C(C(=O)O)N2C(=O)[C@@H](NC(=O)/C(=N\O[C@@H](C)C(=O)O)c3nc(N)sc3Cl)C2SC1. The number of aliphatic imine (C=N–C) groups is 2. The average molecular weight is 794 g/mol. The van der Waals surface area contributed by atoms with Crippen LogP contribution in [0.25, 0.3) is 0 Å². The van der Waals surface area contributed by atoms with E-state index in [0.29, 0.717) is 11.3 Å². The van der Waals surface area contributed by atoms with Crippen LogP contribution in [0.1, 0.15) is 30.0 Å². The molecule has 1 unspecified atom stereocenters. The normalized spacial score (nSPS) is 18.3. The van der Waals surface area contributed by atoms with E-state index in [0.717, 1.165) is 34.8 Å². The fourth-order valence-electron chi connectivity index (χ4n) is 4.57. The third-order valence-corrected chi connectivity index (χ3v) is 9.64. The minimum atomic E-state index is -1.45. The van der Waals surface area contributed by atoms with Gasteiger partial charge in [0.15, 0.2) is 16.6 Å². The molecule has 0 saturated carbocycles. The lowest BCUT2D eigenvalue weighted by Gasteiger charge is -2.49. The lowest BCUT2D eigenvalue weighted by atomic mass is 10.0. The number of carboxylic acids is 2. The molecule has 2 aromatic rings. The maximum absolute atomic E-state index is 13.3. The highest BCUT2D eigenvalue weighted by Crippen LogP contribution is 2.40. The molecule has 4 heterocycles. The summed E-state index contributed by atoms with van der Waals surface area (Å²) in [4.78, 5) is 94.3. The number of anilines is 1. The van der Waals surface area contributed by atoms with Crippen molar-refractivity contribution in [1.82, 2.24) is 30.8 Å². The molecule has 53 heavy (non-hydrogen) atoms. The first kappa shape index (κ1) is 39.8. The first-order valence-corrected chi connectivity index (χ1v) is 17.4. The van der Waals surface area contributed by atoms with Gasteiger partial charge in [0.05, 0.1) is 12.2 Å². The van der Waals surface area contributed by atoms with Crippen LogP contribution in [0, 0.1) is 0 Å². The zero-order valence-electron chi connectivity index (χ0n) is 27.7. The van der Waals surface area contributed by atoms with Gasteiger partial charge >= 0.3 is 11.9 Å². The molecule has 0 radical (unpaired) electrons. The van der Waals surface area contributed by atoms with Gasteiger partial charge in [-0.2, -0.15) is 0 Å². The number of hydrogen-bond donors (Lipinski definition) is 9. The summed E-state index contributed by atoms with van der Waals surface area (Å²) in [7, 11) is 0. The summed E-state index contributed by atoms with van der Waals surface area (Å²) in [5.74, 6) is -5.42. The Labute approximate surface area is 311 Å². The number of oxime groups is 1. The van der Waals surface area contributed by atoms with Crippen LogP contribution in [-0.4, -0.2) is 121 Å². The molecule has 0 spiro atoms. The number of carbonyl (C=O) groups excluding carboxylic acids is 3. The molecule has 4 rings (SSSR count). The number of halogens is 1. The van der Waals surface area contributed by atoms with E-state index >= 15 is 0 Å². The monoisotopic (exact) mass is 793 g/mol. The molecule has 0 aliphatic carbocycles. The van der Waals surface area contributed by atoms with Crippen LogP contribution in [0.2, 0.25) is 4.34 Å². The molecule has 1 fully saturated rings. The predicted octanol–water partition coefficient (Wildman–Crippen LogP) is -0.986. The van der Waals surface area contributed by atoms with Gasteiger partial charge in [0.2, 0.25) is 11.5 Å². The van der Waals surface area contributed by atoms with Gasteiger partial charge < -0.3 is 52.6 Å². The number of rotatable bonds is 16. The van der Waals surface area contributed by atoms with Crippen molar-refractivity contribution in [2.24, 2.45) is 20.9 Å². The molecule has 0 aromatic carbocycles. The van der Waals surface area contributed by atoms with E-state index in [1.807, 2.05) is 0 Å². The molecule has 3 amide bonds. The van der Waals surface area contributed by atoms with Gasteiger partial charge in [0.1, 0.15) is 45.0 Å². The highest BCUT2D eigenvalue weighted by molar-refractivity contribution is 8.00. The van der Waals surface area contributed by atoms with Crippen molar-refractivity contribution < 1.29 is 44.1 Å². The van der Waals surface area contributed by atoms with E-state index in [1.54, 1.807) is 13.0 Å². The quantitative estimate of drug-likeness (QED) is 0.0324. The number of aromatic nitrogens is 2. The number of carboxylic acid groups (broad SMARTS) is 2. The lowest BCUT2D eigenvalue weighted by molar-refractivity contribution is -0.150. The third kappa shape index (κ3) is 9.49. The number of fused-ring (bicyclic) bond motifs is 1. The predicted molar refractivity (Wildman–Crippen MR) is 194 cm³/mol. The Bertz CT molecular complexity index is 2030. The fraction of sp³-hybridized carbons (Fsp3) is 0.310. The number of thioether (sulfide) groups is 1. The topological polar surface area (TPSA) is 329 Å². The number of nitrogens with zero attached hydrogens (tertiary/aromatic N) is 5. The van der Waals surface area contributed by atoms with E-state index in [9.17, 15) is 39.0 Å². The maximum atomic E-state index is 13.3. The number of nitrogens with two attached hydrogens (primary N) is 2. The number of H-pyrrole nitrogens is 1. The summed E-state index contributed by atoms with van der Waals surface area (Å²) in [5, 5.41) is 39.2. The highest BCUT2D eigenvalue weighted by atomic mass is 35.5. The number of amides is 3. The van der Waals surface area contributed by atoms with Crippen molar-refractivity contribution in [1.29, 1.82) is 0 Å². The number of thiazole rings is 1. The number of amidine groups is 1. The molecule has 282 valence electrons. The number of allylic oxidation sites excluding steroid dienone is 1. The minimum absolute atomic E-state index is 0.0177. The smallest absolute Gasteiger partial charge is 0.352 e. The van der Waals surface area contributed by atoms with E-state index in [1.165, 1.54) is 18.7 Å². The Morgan fingerprint density at radius 1 is 1.25 bits per heavy atom. The Hall–Kier alpha value is -5.94. The number of aliphatic carboxylic acids is 2. The average Bonchev–Trinajstić information content (AvgIpc) is 3.45. The standard InChI is InChI=1S/C29H32ClN11O10S2/c1-3-13(34-4-5-35-23(44)14-6-15(42)16(43)8-36-14)22(31)37-10-33-7-12-9-52-26-19(25(46)41(26)20(12)28(49)50)38-24(45)18(40-51-11(2)27(47)48)17-21(30)53-29(32)39-17/h3,6,8,10-11,19,26,34,43H,4-5,7,9H2,1-2H3,(H2,32,39)(H,35,44)(H,36,42)(H,38,45)(H,47,48)(H,49,50)(H2,31,33,37)/b13-3+,40-18-/t11-,19+,26?/m0/s1. The van der Waals surface area contributed by atoms with Crippen molar-refractivity contribution >= 4 is 87.4 Å². The number of aromatic amines is 1. The van der Waals surface area contributed by atoms with Crippen LogP contribution in [0.5, 0.6) is 5.75 Å². The van der Waals surface area contributed by atoms with Crippen LogP contribution in [0.3, 0.4) is 0 Å². The van der Waals surface area contributed by atoms with Gasteiger partial charge in [0.25, 0.3) is 17.7 Å². The summed E-state index contributed by atoms with van der Waals surface area (Å²) < 4.78 is -0.0456. The number of pyridine rings is 1. The summed E-state index contributed by atoms with van der Waals surface area (Å²) >= 11 is 8.13. The second kappa shape index (κ2) is 17.5. The van der Waals surface area contributed by atoms with Gasteiger partial charge in [0, 0.05) is 31.1 Å². The zero-order chi connectivity index (χ0) is 39.0. The molecule has 2 aromatic heterocycles. The molecule has 3 atom stereocenters. The second-order valence-corrected chi connectivity index (χ2v) is 13.5. The number of nitrogens with one attached hydrogen (secondary N) is 4. The van der Waals surface area contributed by atoms with Crippen LogP contribution in [0.4, 0.5) is 5.13 Å². The van der Waals surface area contributed by atoms with Gasteiger partial charge in [-0.15, -0.1) is 11.8 Å². The molecular weight excluding hydrogens is 762 g/mol. The molecule has 2 aliphatic heterocycles. The Kier molecular flexibility index (Phi) is 13.2. The van der Waals surface area contributed by atoms with Gasteiger partial charge in [-0.1, -0.05) is 34.2 Å². The van der Waals surface area contributed by atoms with E-state index in [-0.39, 0.29) is 57.8 Å². The van der Waals surface area contributed by atoms with Crippen molar-refractivity contribution in [3.63, 3.8) is 0 Å². The van der Waals surface area contributed by atoms with Crippen molar-refractivity contribution in [3.05, 3.63) is 61.3 Å². The Morgan fingerprint density at radius 2 is 1.96 bits per heavy atom. The second-order valence-electron chi connectivity index (χ2n) is 10.8. The van der Waals surface area contributed by atoms with Crippen LogP contribution in [0.15, 0.2) is 55.2 Å². The van der Waals surface area contributed by atoms with Crippen molar-refractivity contribution in [2.45, 2.75) is 31.4 Å². The fourth-order valence-corrected chi connectivity index (χ4v) is 6.84. The van der Waals surface area contributed by atoms with Gasteiger partial charge in [-0.05, 0) is 19.4 Å². The van der Waals surface area contributed by atoms with Gasteiger partial charge in [-0.25, -0.2) is 19.6 Å². The van der Waals surface area contributed by atoms with Crippen molar-refractivity contribution in [2.75, 3.05) is 31.1 Å². The maximum Gasteiger partial charge on any atom is 0.352 e. The summed E-state index contributed by atoms with van der Waals surface area (Å²) in [5.41, 5.74) is 10.6. The molecular formula is C29H32ClN11O10S2. The summed E-state index contributed by atoms with van der Waals surface area (Å²) in [6.45, 7) is 3.06. The van der Waals surface area contributed by atoms with Crippen LogP contribution in [-0.2, 0) is 24.0 Å². The van der Waals surface area contributed by atoms with Gasteiger partial charge in [-0.3, -0.25) is 29.1 Å². The Balaban J connectivity index is 1.36. The van der Waals surface area contributed by atoms with E-state index in [2.05, 4.69) is 41.1 Å². The largest absolute Gasteiger partial charge is 0.503 e. The Morgan fingerprint density at radius 3 is 2.58 bits per heavy atom. The first-order chi connectivity index (χ1) is 25.1. The third-order valence-electron chi connectivity index (χ3n) is 7.22. The molecule has 21 nitrogen and oxygen atoms in total. The summed E-state index contributed by atoms with van der Waals surface area (Å²) in [6, 6.07) is -0.223. The van der Waals surface area contributed by atoms with Crippen LogP contribution >= 0.6 is 34.7 Å². The number of carbonyl (C=O) groups is 5.